The molecule has 9 nitrogen and oxygen atoms in total. The number of methoxy groups -OCH3 is 1. The highest BCUT2D eigenvalue weighted by Crippen LogP contribution is 2.29. The molecule has 3 atom stereocenters. The summed E-state index contributed by atoms with van der Waals surface area (Å²) >= 11 is 0. The maximum Gasteiger partial charge on any atom is 0.316 e. The molecule has 0 aromatic rings. The van der Waals surface area contributed by atoms with Crippen LogP contribution < -0.4 is 0 Å². The zero-order valence-corrected chi connectivity index (χ0v) is 24.2. The van der Waals surface area contributed by atoms with E-state index in [0.717, 1.165) is 38.5 Å². The van der Waals surface area contributed by atoms with Gasteiger partial charge < -0.3 is 29.5 Å². The highest BCUT2D eigenvalue weighted by Gasteiger charge is 2.33. The average molecular weight is 553 g/mol. The molecule has 1 fully saturated rings. The predicted octanol–water partition coefficient (Wildman–Crippen LogP) is 3.10. The summed E-state index contributed by atoms with van der Waals surface area (Å²) in [5.41, 5.74) is -0.504. The molecule has 0 aromatic heterocycles. The summed E-state index contributed by atoms with van der Waals surface area (Å²) in [7, 11) is 1.36. The molecule has 1 rings (SSSR count). The molecule has 1 saturated carbocycles. The molecule has 222 valence electrons. The largest absolute Gasteiger partial charge is 0.463 e. The highest BCUT2D eigenvalue weighted by molar-refractivity contribution is 5.98. The van der Waals surface area contributed by atoms with E-state index < -0.39 is 42.7 Å². The Morgan fingerprint density at radius 3 is 2.23 bits per heavy atom. The number of rotatable bonds is 18. The Hall–Kier alpha value is -2.17. The number of Topliss-reactive ketones (excluding diaryl/α,β-unsaturated/α-hetero) is 1. The lowest BCUT2D eigenvalue weighted by Gasteiger charge is -2.28. The molecule has 39 heavy (non-hydrogen) atoms. The Morgan fingerprint density at radius 1 is 1.08 bits per heavy atom. The van der Waals surface area contributed by atoms with Crippen LogP contribution in [0, 0.1) is 17.3 Å². The van der Waals surface area contributed by atoms with Crippen molar-refractivity contribution in [3.05, 3.63) is 36.0 Å². The van der Waals surface area contributed by atoms with Gasteiger partial charge in [0.25, 0.3) is 0 Å². The minimum absolute atomic E-state index is 0.0714. The molecule has 0 aliphatic heterocycles. The van der Waals surface area contributed by atoms with Gasteiger partial charge in [-0.3, -0.25) is 14.4 Å². The van der Waals surface area contributed by atoms with Crippen molar-refractivity contribution in [3.8, 4) is 0 Å². The van der Waals surface area contributed by atoms with Gasteiger partial charge >= 0.3 is 5.97 Å². The van der Waals surface area contributed by atoms with Gasteiger partial charge in [0.1, 0.15) is 24.2 Å². The van der Waals surface area contributed by atoms with Crippen LogP contribution in [0.5, 0.6) is 0 Å². The fourth-order valence-corrected chi connectivity index (χ4v) is 4.41. The molecular formula is C30H48O9. The summed E-state index contributed by atoms with van der Waals surface area (Å²) in [6, 6.07) is 0. The van der Waals surface area contributed by atoms with Gasteiger partial charge in [-0.2, -0.15) is 0 Å². The summed E-state index contributed by atoms with van der Waals surface area (Å²) in [4.78, 5) is 36.6. The number of carbonyl (C=O) groups is 3. The van der Waals surface area contributed by atoms with E-state index in [2.05, 4.69) is 6.58 Å². The molecule has 0 radical (unpaired) electrons. The lowest BCUT2D eigenvalue weighted by molar-refractivity contribution is -0.162. The second-order valence-corrected chi connectivity index (χ2v) is 10.9. The number of aliphatic hydroxyl groups is 3. The summed E-state index contributed by atoms with van der Waals surface area (Å²) in [5.74, 6) is -0.967. The molecule has 0 spiro atoms. The van der Waals surface area contributed by atoms with Crippen molar-refractivity contribution in [2.75, 3.05) is 33.5 Å². The molecule has 0 saturated heterocycles. The van der Waals surface area contributed by atoms with Crippen LogP contribution in [0.4, 0.5) is 0 Å². The molecule has 0 amide bonds. The van der Waals surface area contributed by atoms with E-state index in [1.165, 1.54) is 14.0 Å². The standard InChI is InChI=1S/C30H48O9/c1-20(2)26(34)28(37-6)27(35)22(4)17-21(3)25(33)10-8-7-9-23-11-13-24(14-12-23)38-15-16-39-29(36)30(5,18-31)19-32/h8,10,17,21,23-24,27-28,31-32,35H,1,7,9,11-16,18-19H2,2-6H3/b10-8+,22-17+/t21-,23-,24-,27-,28+/m1/s1. The number of esters is 1. The van der Waals surface area contributed by atoms with Gasteiger partial charge in [-0.1, -0.05) is 25.7 Å². The number of ketones is 2. The Morgan fingerprint density at radius 2 is 1.69 bits per heavy atom. The summed E-state index contributed by atoms with van der Waals surface area (Å²) in [6.07, 6.45) is 8.74. The summed E-state index contributed by atoms with van der Waals surface area (Å²) < 4.78 is 16.1. The smallest absolute Gasteiger partial charge is 0.316 e. The van der Waals surface area contributed by atoms with Crippen molar-refractivity contribution in [1.82, 2.24) is 0 Å². The van der Waals surface area contributed by atoms with E-state index in [9.17, 15) is 29.7 Å². The van der Waals surface area contributed by atoms with Gasteiger partial charge in [-0.15, -0.1) is 0 Å². The van der Waals surface area contributed by atoms with Crippen molar-refractivity contribution in [1.29, 1.82) is 0 Å². The van der Waals surface area contributed by atoms with Crippen LogP contribution in [0.2, 0.25) is 0 Å². The second-order valence-electron chi connectivity index (χ2n) is 10.9. The molecule has 0 unspecified atom stereocenters. The highest BCUT2D eigenvalue weighted by atomic mass is 16.6. The maximum atomic E-state index is 12.5. The number of aliphatic hydroxyl groups excluding tert-OH is 3. The van der Waals surface area contributed by atoms with Crippen LogP contribution in [0.25, 0.3) is 0 Å². The van der Waals surface area contributed by atoms with Gasteiger partial charge in [0.05, 0.1) is 25.9 Å². The van der Waals surface area contributed by atoms with E-state index in [-0.39, 0.29) is 30.9 Å². The Kier molecular flexibility index (Phi) is 15.6. The topological polar surface area (TPSA) is 140 Å². The van der Waals surface area contributed by atoms with Crippen molar-refractivity contribution in [2.24, 2.45) is 17.3 Å². The van der Waals surface area contributed by atoms with E-state index >= 15 is 0 Å². The third-order valence-corrected chi connectivity index (χ3v) is 7.33. The van der Waals surface area contributed by atoms with Crippen LogP contribution >= 0.6 is 0 Å². The molecule has 0 aromatic carbocycles. The fraction of sp³-hybridized carbons (Fsp3) is 0.700. The van der Waals surface area contributed by atoms with Gasteiger partial charge in [0, 0.05) is 13.0 Å². The minimum atomic E-state index is -1.30. The third kappa shape index (κ3) is 11.5. The first-order valence-corrected chi connectivity index (χ1v) is 13.7. The van der Waals surface area contributed by atoms with E-state index in [0.29, 0.717) is 17.1 Å². The monoisotopic (exact) mass is 552 g/mol. The molecule has 0 heterocycles. The van der Waals surface area contributed by atoms with Crippen LogP contribution in [0.3, 0.4) is 0 Å². The van der Waals surface area contributed by atoms with Crippen molar-refractivity contribution in [2.45, 2.75) is 84.5 Å². The Labute approximate surface area is 232 Å². The van der Waals surface area contributed by atoms with Gasteiger partial charge in [0.15, 0.2) is 11.6 Å². The van der Waals surface area contributed by atoms with Crippen molar-refractivity contribution < 1.29 is 43.9 Å². The van der Waals surface area contributed by atoms with E-state index in [4.69, 9.17) is 14.2 Å². The second kappa shape index (κ2) is 17.5. The molecule has 1 aliphatic carbocycles. The van der Waals surface area contributed by atoms with E-state index in [1.54, 1.807) is 32.9 Å². The van der Waals surface area contributed by atoms with Crippen LogP contribution in [-0.2, 0) is 28.6 Å². The fourth-order valence-electron chi connectivity index (χ4n) is 4.41. The first kappa shape index (κ1) is 34.9. The van der Waals surface area contributed by atoms with Crippen molar-refractivity contribution >= 4 is 17.5 Å². The molecule has 0 bridgehead atoms. The lowest BCUT2D eigenvalue weighted by Crippen LogP contribution is -2.37. The van der Waals surface area contributed by atoms with Crippen LogP contribution in [0.1, 0.15) is 66.2 Å². The molecule has 9 heteroatoms. The average Bonchev–Trinajstić information content (AvgIpc) is 2.93. The zero-order chi connectivity index (χ0) is 29.6. The van der Waals surface area contributed by atoms with Crippen LogP contribution in [0.15, 0.2) is 36.0 Å². The number of allylic oxidation sites excluding steroid dienone is 3. The zero-order valence-electron chi connectivity index (χ0n) is 24.2. The number of hydrogen-bond donors (Lipinski definition) is 3. The van der Waals surface area contributed by atoms with Crippen LogP contribution in [-0.4, -0.2) is 84.7 Å². The van der Waals surface area contributed by atoms with Crippen molar-refractivity contribution in [3.63, 3.8) is 0 Å². The number of hydrogen-bond acceptors (Lipinski definition) is 9. The van der Waals surface area contributed by atoms with E-state index in [1.807, 2.05) is 6.08 Å². The minimum Gasteiger partial charge on any atom is -0.463 e. The maximum absolute atomic E-state index is 12.5. The Bertz CT molecular complexity index is 864. The van der Waals surface area contributed by atoms with Gasteiger partial charge in [-0.25, -0.2) is 0 Å². The first-order chi connectivity index (χ1) is 18.4. The first-order valence-electron chi connectivity index (χ1n) is 13.7. The molecular weight excluding hydrogens is 504 g/mol. The van der Waals surface area contributed by atoms with Gasteiger partial charge in [0.2, 0.25) is 0 Å². The third-order valence-electron chi connectivity index (χ3n) is 7.33. The number of ether oxygens (including phenoxy) is 3. The Balaban J connectivity index is 2.36. The summed E-state index contributed by atoms with van der Waals surface area (Å²) in [5, 5.41) is 29.0. The summed E-state index contributed by atoms with van der Waals surface area (Å²) in [6.45, 7) is 9.44. The molecule has 3 N–H and O–H groups in total. The normalized spacial score (nSPS) is 20.9. The lowest BCUT2D eigenvalue weighted by atomic mass is 9.84. The number of carbonyl (C=O) groups excluding carboxylic acids is 3. The molecule has 1 aliphatic rings. The van der Waals surface area contributed by atoms with Gasteiger partial charge in [-0.05, 0) is 82.4 Å². The predicted molar refractivity (Wildman–Crippen MR) is 148 cm³/mol. The quantitative estimate of drug-likeness (QED) is 0.101. The SMILES string of the molecule is C=C(C)C(=O)[C@H](OC)[C@H](O)/C(C)=C/[C@@H](C)C(=O)/C=C/CC[C@H]1CC[C@H](OCCOC(=O)C(C)(CO)CO)CC1.